The van der Waals surface area contributed by atoms with Gasteiger partial charge in [-0.25, -0.2) is 0 Å². The standard InChI is InChI=1S/C21H15BrCl2N2O3/c1-3-8-29-20-15(22)10-13(11-18(20)28-4-2)9-14(12-25)21(27)26-17-7-5-6-16(23)19(17)24/h1,5-7,9-11H,4,8H2,2H3,(H,26,27)/b14-9-. The van der Waals surface area contributed by atoms with Crippen LogP contribution >= 0.6 is 39.1 Å². The van der Waals surface area contributed by atoms with Crippen molar-refractivity contribution >= 4 is 56.8 Å². The molecular formula is C21H15BrCl2N2O3. The van der Waals surface area contributed by atoms with Gasteiger partial charge in [0.25, 0.3) is 5.91 Å². The van der Waals surface area contributed by atoms with Gasteiger partial charge in [0.05, 0.1) is 26.8 Å². The van der Waals surface area contributed by atoms with Crippen molar-refractivity contribution in [3.05, 3.63) is 56.0 Å². The topological polar surface area (TPSA) is 71.3 Å². The minimum atomic E-state index is -0.626. The molecule has 2 rings (SSSR count). The molecule has 2 aromatic carbocycles. The zero-order valence-electron chi connectivity index (χ0n) is 15.3. The van der Waals surface area contributed by atoms with E-state index in [1.54, 1.807) is 30.3 Å². The van der Waals surface area contributed by atoms with E-state index in [9.17, 15) is 10.1 Å². The fraction of sp³-hybridized carbons (Fsp3) is 0.143. The maximum Gasteiger partial charge on any atom is 0.266 e. The summed E-state index contributed by atoms with van der Waals surface area (Å²) in [5, 5.41) is 12.5. The lowest BCUT2D eigenvalue weighted by molar-refractivity contribution is -0.112. The predicted molar refractivity (Wildman–Crippen MR) is 118 cm³/mol. The third-order valence-electron chi connectivity index (χ3n) is 3.51. The van der Waals surface area contributed by atoms with Crippen LogP contribution in [-0.2, 0) is 4.79 Å². The first-order chi connectivity index (χ1) is 13.9. The zero-order valence-corrected chi connectivity index (χ0v) is 18.4. The summed E-state index contributed by atoms with van der Waals surface area (Å²) in [4.78, 5) is 12.5. The van der Waals surface area contributed by atoms with Crippen LogP contribution in [0, 0.1) is 23.7 Å². The Balaban J connectivity index is 2.36. The molecule has 0 saturated heterocycles. The summed E-state index contributed by atoms with van der Waals surface area (Å²) in [5.74, 6) is 2.63. The number of halogens is 3. The van der Waals surface area contributed by atoms with Gasteiger partial charge < -0.3 is 14.8 Å². The van der Waals surface area contributed by atoms with E-state index in [-0.39, 0.29) is 17.2 Å². The zero-order chi connectivity index (χ0) is 21.4. The van der Waals surface area contributed by atoms with Crippen LogP contribution in [0.2, 0.25) is 10.0 Å². The Morgan fingerprint density at radius 1 is 1.34 bits per heavy atom. The van der Waals surface area contributed by atoms with Crippen molar-refractivity contribution in [2.24, 2.45) is 0 Å². The molecule has 5 nitrogen and oxygen atoms in total. The van der Waals surface area contributed by atoms with Crippen LogP contribution < -0.4 is 14.8 Å². The van der Waals surface area contributed by atoms with Crippen molar-refractivity contribution in [1.29, 1.82) is 5.26 Å². The molecule has 2 aromatic rings. The fourth-order valence-electron chi connectivity index (χ4n) is 2.29. The maximum atomic E-state index is 12.5. The third kappa shape index (κ3) is 5.92. The summed E-state index contributed by atoms with van der Waals surface area (Å²) in [5.41, 5.74) is 0.726. The molecule has 1 N–H and O–H groups in total. The Morgan fingerprint density at radius 2 is 2.10 bits per heavy atom. The smallest absolute Gasteiger partial charge is 0.266 e. The van der Waals surface area contributed by atoms with Crippen molar-refractivity contribution in [3.63, 3.8) is 0 Å². The number of hydrogen-bond acceptors (Lipinski definition) is 4. The van der Waals surface area contributed by atoms with Crippen LogP contribution in [0.5, 0.6) is 11.5 Å². The maximum absolute atomic E-state index is 12.5. The summed E-state index contributed by atoms with van der Waals surface area (Å²) in [6.45, 7) is 2.29. The van der Waals surface area contributed by atoms with E-state index >= 15 is 0 Å². The summed E-state index contributed by atoms with van der Waals surface area (Å²) in [6.07, 6.45) is 6.66. The largest absolute Gasteiger partial charge is 0.490 e. The second-order valence-corrected chi connectivity index (χ2v) is 7.12. The molecule has 0 spiro atoms. The number of carbonyl (C=O) groups excluding carboxylic acids is 1. The number of anilines is 1. The van der Waals surface area contributed by atoms with Crippen LogP contribution in [0.1, 0.15) is 12.5 Å². The quantitative estimate of drug-likeness (QED) is 0.304. The first-order valence-electron chi connectivity index (χ1n) is 8.31. The summed E-state index contributed by atoms with van der Waals surface area (Å²) in [7, 11) is 0. The van der Waals surface area contributed by atoms with Gasteiger partial charge in [-0.1, -0.05) is 35.2 Å². The Morgan fingerprint density at radius 3 is 2.76 bits per heavy atom. The molecule has 0 heterocycles. The fourth-order valence-corrected chi connectivity index (χ4v) is 3.22. The van der Waals surface area contributed by atoms with Gasteiger partial charge in [-0.15, -0.1) is 6.42 Å². The number of rotatable bonds is 7. The van der Waals surface area contributed by atoms with E-state index in [2.05, 4.69) is 27.2 Å². The molecule has 0 unspecified atom stereocenters. The van der Waals surface area contributed by atoms with E-state index in [1.165, 1.54) is 6.08 Å². The van der Waals surface area contributed by atoms with Crippen molar-refractivity contribution in [3.8, 4) is 29.9 Å². The lowest BCUT2D eigenvalue weighted by Gasteiger charge is -2.13. The van der Waals surface area contributed by atoms with E-state index in [4.69, 9.17) is 39.1 Å². The molecule has 0 atom stereocenters. The Hall–Kier alpha value is -2.64. The molecule has 0 saturated carbocycles. The van der Waals surface area contributed by atoms with E-state index in [0.29, 0.717) is 38.9 Å². The van der Waals surface area contributed by atoms with Crippen LogP contribution in [-0.4, -0.2) is 19.1 Å². The highest BCUT2D eigenvalue weighted by Gasteiger charge is 2.15. The van der Waals surface area contributed by atoms with Gasteiger partial charge in [0.15, 0.2) is 11.5 Å². The van der Waals surface area contributed by atoms with Gasteiger partial charge in [0.2, 0.25) is 0 Å². The van der Waals surface area contributed by atoms with E-state index < -0.39 is 5.91 Å². The van der Waals surface area contributed by atoms with Crippen LogP contribution in [0.25, 0.3) is 6.08 Å². The number of benzene rings is 2. The van der Waals surface area contributed by atoms with Crippen molar-refractivity contribution in [1.82, 2.24) is 0 Å². The molecule has 0 aromatic heterocycles. The number of terminal acetylenes is 1. The average molecular weight is 494 g/mol. The Bertz CT molecular complexity index is 1040. The molecule has 0 aliphatic rings. The SMILES string of the molecule is C#CCOc1c(Br)cc(/C=C(/C#N)C(=O)Nc2cccc(Cl)c2Cl)cc1OCC. The Labute approximate surface area is 187 Å². The molecule has 29 heavy (non-hydrogen) atoms. The van der Waals surface area contributed by atoms with Gasteiger partial charge in [0, 0.05) is 0 Å². The number of carbonyl (C=O) groups is 1. The average Bonchev–Trinajstić information content (AvgIpc) is 2.69. The van der Waals surface area contributed by atoms with Crippen LogP contribution in [0.3, 0.4) is 0 Å². The second-order valence-electron chi connectivity index (χ2n) is 5.48. The second kappa shape index (κ2) is 10.8. The van der Waals surface area contributed by atoms with Crippen molar-refractivity contribution < 1.29 is 14.3 Å². The summed E-state index contributed by atoms with van der Waals surface area (Å²) < 4.78 is 11.7. The minimum Gasteiger partial charge on any atom is -0.490 e. The number of ether oxygens (including phenoxy) is 2. The molecule has 0 aliphatic heterocycles. The minimum absolute atomic E-state index is 0.0695. The first kappa shape index (κ1) is 22.6. The molecule has 1 amide bonds. The highest BCUT2D eigenvalue weighted by atomic mass is 79.9. The highest BCUT2D eigenvalue weighted by molar-refractivity contribution is 9.10. The van der Waals surface area contributed by atoms with Gasteiger partial charge in [0.1, 0.15) is 18.2 Å². The molecule has 8 heteroatoms. The molecule has 0 aliphatic carbocycles. The molecule has 0 fully saturated rings. The number of nitrogens with zero attached hydrogens (tertiary/aromatic N) is 1. The first-order valence-corrected chi connectivity index (χ1v) is 9.85. The predicted octanol–water partition coefficient (Wildman–Crippen LogP) is 5.71. The lowest BCUT2D eigenvalue weighted by atomic mass is 10.1. The number of nitriles is 1. The Kier molecular flexibility index (Phi) is 8.42. The molecule has 0 bridgehead atoms. The van der Waals surface area contributed by atoms with Gasteiger partial charge in [-0.3, -0.25) is 4.79 Å². The summed E-state index contributed by atoms with van der Waals surface area (Å²) >= 11 is 15.4. The third-order valence-corrected chi connectivity index (χ3v) is 4.92. The summed E-state index contributed by atoms with van der Waals surface area (Å²) in [6, 6.07) is 10.0. The van der Waals surface area contributed by atoms with Gasteiger partial charge >= 0.3 is 0 Å². The lowest BCUT2D eigenvalue weighted by Crippen LogP contribution is -2.13. The van der Waals surface area contributed by atoms with E-state index in [0.717, 1.165) is 0 Å². The molecular weight excluding hydrogens is 479 g/mol. The normalized spacial score (nSPS) is 10.6. The monoisotopic (exact) mass is 492 g/mol. The van der Waals surface area contributed by atoms with Gasteiger partial charge in [-0.2, -0.15) is 5.26 Å². The molecule has 148 valence electrons. The van der Waals surface area contributed by atoms with Crippen molar-refractivity contribution in [2.45, 2.75) is 6.92 Å². The highest BCUT2D eigenvalue weighted by Crippen LogP contribution is 2.37. The molecule has 0 radical (unpaired) electrons. The van der Waals surface area contributed by atoms with Crippen LogP contribution in [0.15, 0.2) is 40.4 Å². The van der Waals surface area contributed by atoms with Crippen molar-refractivity contribution in [2.75, 3.05) is 18.5 Å². The van der Waals surface area contributed by atoms with Gasteiger partial charge in [-0.05, 0) is 58.8 Å². The van der Waals surface area contributed by atoms with Crippen LogP contribution in [0.4, 0.5) is 5.69 Å². The van der Waals surface area contributed by atoms with E-state index in [1.807, 2.05) is 13.0 Å². The number of hydrogen-bond donors (Lipinski definition) is 1. The number of nitrogens with one attached hydrogen (secondary N) is 1. The number of amides is 1.